The lowest BCUT2D eigenvalue weighted by atomic mass is 9.86. The zero-order valence-electron chi connectivity index (χ0n) is 20.9. The second-order valence-corrected chi connectivity index (χ2v) is 9.47. The van der Waals surface area contributed by atoms with E-state index in [1.165, 1.54) is 30.1 Å². The number of anilines is 1. The van der Waals surface area contributed by atoms with E-state index < -0.39 is 11.7 Å². The molecule has 198 valence electrons. The Morgan fingerprint density at radius 2 is 1.89 bits per heavy atom. The Morgan fingerprint density at radius 1 is 1.16 bits per heavy atom. The van der Waals surface area contributed by atoms with E-state index >= 15 is 0 Å². The number of fused-ring (bicyclic) bond motifs is 1. The SMILES string of the molecule is COc1ccc(F)cc1C(=O)NCc1ccc(-n2c(=O)n(C3CCC(CO)CC3)c3ncnc(N)c32)cc1. The second-order valence-electron chi connectivity index (χ2n) is 9.47. The third kappa shape index (κ3) is 4.72. The van der Waals surface area contributed by atoms with Crippen LogP contribution in [0, 0.1) is 11.7 Å². The molecule has 0 aliphatic heterocycles. The molecule has 0 spiro atoms. The number of ether oxygens (including phenoxy) is 1. The maximum absolute atomic E-state index is 13.7. The molecule has 10 nitrogen and oxygen atoms in total. The first kappa shape index (κ1) is 25.4. The minimum atomic E-state index is -0.533. The number of nitrogens with zero attached hydrogens (tertiary/aromatic N) is 4. The predicted molar refractivity (Wildman–Crippen MR) is 140 cm³/mol. The largest absolute Gasteiger partial charge is 0.496 e. The first-order valence-electron chi connectivity index (χ1n) is 12.5. The molecule has 2 aromatic heterocycles. The zero-order valence-corrected chi connectivity index (χ0v) is 20.9. The van der Waals surface area contributed by atoms with Gasteiger partial charge >= 0.3 is 5.69 Å². The standard InChI is InChI=1S/C27H29FN6O4/c1-38-22-11-6-18(28)12-21(22)26(36)30-13-16-2-7-19(8-3-16)33-23-24(29)31-15-32-25(23)34(27(33)37)20-9-4-17(14-35)5-10-20/h2-3,6-8,11-12,15,17,20,35H,4-5,9-10,13-14H2,1H3,(H,30,36)(H2,29,31,32). The van der Waals surface area contributed by atoms with Gasteiger partial charge in [-0.2, -0.15) is 0 Å². The molecule has 1 fully saturated rings. The smallest absolute Gasteiger partial charge is 0.335 e. The van der Waals surface area contributed by atoms with E-state index in [4.69, 9.17) is 10.5 Å². The van der Waals surface area contributed by atoms with Crippen LogP contribution in [0.15, 0.2) is 53.6 Å². The molecule has 5 rings (SSSR count). The van der Waals surface area contributed by atoms with Gasteiger partial charge in [-0.15, -0.1) is 0 Å². The maximum Gasteiger partial charge on any atom is 0.335 e. The van der Waals surface area contributed by atoms with Crippen molar-refractivity contribution in [3.05, 3.63) is 76.2 Å². The molecule has 0 radical (unpaired) electrons. The number of hydrogen-bond acceptors (Lipinski definition) is 7. The molecule has 0 saturated heterocycles. The predicted octanol–water partition coefficient (Wildman–Crippen LogP) is 2.97. The summed E-state index contributed by atoms with van der Waals surface area (Å²) in [5, 5.41) is 12.3. The maximum atomic E-state index is 13.7. The Kier molecular flexibility index (Phi) is 7.10. The monoisotopic (exact) mass is 520 g/mol. The molecule has 1 aliphatic carbocycles. The number of nitrogen functional groups attached to an aromatic ring is 1. The van der Waals surface area contributed by atoms with Crippen molar-refractivity contribution in [2.24, 2.45) is 5.92 Å². The lowest BCUT2D eigenvalue weighted by Gasteiger charge is -2.27. The summed E-state index contributed by atoms with van der Waals surface area (Å²) in [5.74, 6) is -0.264. The van der Waals surface area contributed by atoms with Gasteiger partial charge in [0.1, 0.15) is 23.4 Å². The quantitative estimate of drug-likeness (QED) is 0.341. The number of aliphatic hydroxyl groups excluding tert-OH is 1. The lowest BCUT2D eigenvalue weighted by Crippen LogP contribution is -2.30. The highest BCUT2D eigenvalue weighted by Crippen LogP contribution is 2.33. The van der Waals surface area contributed by atoms with Crippen molar-refractivity contribution in [1.82, 2.24) is 24.4 Å². The topological polar surface area (TPSA) is 137 Å². The molecule has 0 atom stereocenters. The number of halogens is 1. The molecule has 1 amide bonds. The number of nitrogens with two attached hydrogens (primary N) is 1. The summed E-state index contributed by atoms with van der Waals surface area (Å²) >= 11 is 0. The van der Waals surface area contributed by atoms with Crippen LogP contribution in [-0.4, -0.2) is 43.8 Å². The summed E-state index contributed by atoms with van der Waals surface area (Å²) in [6.07, 6.45) is 4.56. The Labute approximate surface area is 217 Å². The molecule has 4 aromatic rings. The number of nitrogens with one attached hydrogen (secondary N) is 1. The van der Waals surface area contributed by atoms with Crippen molar-refractivity contribution in [2.75, 3.05) is 19.5 Å². The van der Waals surface area contributed by atoms with Gasteiger partial charge in [0.25, 0.3) is 5.91 Å². The van der Waals surface area contributed by atoms with Gasteiger partial charge in [-0.1, -0.05) is 12.1 Å². The number of benzene rings is 2. The molecule has 38 heavy (non-hydrogen) atoms. The fourth-order valence-corrected chi connectivity index (χ4v) is 5.12. The molecule has 2 heterocycles. The number of carbonyl (C=O) groups excluding carboxylic acids is 1. The van der Waals surface area contributed by atoms with Crippen LogP contribution < -0.4 is 21.5 Å². The summed E-state index contributed by atoms with van der Waals surface area (Å²) < 4.78 is 22.0. The van der Waals surface area contributed by atoms with Crippen molar-refractivity contribution in [3.8, 4) is 11.4 Å². The molecule has 11 heteroatoms. The highest BCUT2D eigenvalue weighted by Gasteiger charge is 2.28. The zero-order chi connectivity index (χ0) is 26.8. The van der Waals surface area contributed by atoms with Gasteiger partial charge in [0.15, 0.2) is 11.5 Å². The third-order valence-corrected chi connectivity index (χ3v) is 7.17. The fourth-order valence-electron chi connectivity index (χ4n) is 5.12. The molecular formula is C27H29FN6O4. The van der Waals surface area contributed by atoms with Gasteiger partial charge in [0, 0.05) is 19.2 Å². The van der Waals surface area contributed by atoms with E-state index in [9.17, 15) is 19.1 Å². The van der Waals surface area contributed by atoms with Crippen LogP contribution in [0.1, 0.15) is 47.6 Å². The van der Waals surface area contributed by atoms with E-state index in [1.807, 2.05) is 0 Å². The lowest BCUT2D eigenvalue weighted by molar-refractivity contribution is 0.0947. The van der Waals surface area contributed by atoms with Crippen LogP contribution >= 0.6 is 0 Å². The van der Waals surface area contributed by atoms with Crippen molar-refractivity contribution >= 4 is 22.9 Å². The minimum absolute atomic E-state index is 0.0438. The average molecular weight is 521 g/mol. The van der Waals surface area contributed by atoms with Crippen LogP contribution in [0.5, 0.6) is 5.75 Å². The Balaban J connectivity index is 1.41. The Bertz CT molecular complexity index is 1520. The summed E-state index contributed by atoms with van der Waals surface area (Å²) in [6.45, 7) is 0.343. The highest BCUT2D eigenvalue weighted by atomic mass is 19.1. The number of aliphatic hydroxyl groups is 1. The van der Waals surface area contributed by atoms with Gasteiger partial charge in [0.05, 0.1) is 18.4 Å². The van der Waals surface area contributed by atoms with Crippen molar-refractivity contribution in [2.45, 2.75) is 38.3 Å². The first-order chi connectivity index (χ1) is 18.4. The second kappa shape index (κ2) is 10.6. The van der Waals surface area contributed by atoms with Gasteiger partial charge < -0.3 is 20.9 Å². The molecule has 0 bridgehead atoms. The Hall–Kier alpha value is -4.25. The summed E-state index contributed by atoms with van der Waals surface area (Å²) in [4.78, 5) is 34.8. The number of amides is 1. The number of carbonyl (C=O) groups is 1. The van der Waals surface area contributed by atoms with Crippen molar-refractivity contribution in [1.29, 1.82) is 0 Å². The van der Waals surface area contributed by atoms with Crippen molar-refractivity contribution < 1.29 is 19.0 Å². The number of rotatable bonds is 7. The van der Waals surface area contributed by atoms with Crippen LogP contribution in [0.3, 0.4) is 0 Å². The molecular weight excluding hydrogens is 491 g/mol. The highest BCUT2D eigenvalue weighted by molar-refractivity contribution is 5.96. The van der Waals surface area contributed by atoms with E-state index in [2.05, 4.69) is 15.3 Å². The first-order valence-corrected chi connectivity index (χ1v) is 12.5. The molecule has 1 aliphatic rings. The third-order valence-electron chi connectivity index (χ3n) is 7.17. The average Bonchev–Trinajstić information content (AvgIpc) is 3.24. The summed E-state index contributed by atoms with van der Waals surface area (Å²) in [6, 6.07) is 10.8. The van der Waals surface area contributed by atoms with Gasteiger partial charge in [-0.3, -0.25) is 13.9 Å². The number of imidazole rings is 1. The molecule has 0 unspecified atom stereocenters. The molecule has 2 aromatic carbocycles. The number of methoxy groups -OCH3 is 1. The van der Waals surface area contributed by atoms with Crippen LogP contribution in [0.2, 0.25) is 0 Å². The normalized spacial score (nSPS) is 17.4. The van der Waals surface area contributed by atoms with Crippen LogP contribution in [0.4, 0.5) is 10.2 Å². The van der Waals surface area contributed by atoms with Crippen LogP contribution in [-0.2, 0) is 6.54 Å². The van der Waals surface area contributed by atoms with Crippen LogP contribution in [0.25, 0.3) is 16.9 Å². The number of aromatic nitrogens is 4. The van der Waals surface area contributed by atoms with E-state index in [0.717, 1.165) is 37.3 Å². The summed E-state index contributed by atoms with van der Waals surface area (Å²) in [7, 11) is 1.42. The van der Waals surface area contributed by atoms with E-state index in [1.54, 1.807) is 28.8 Å². The summed E-state index contributed by atoms with van der Waals surface area (Å²) in [5.41, 5.74) is 8.36. The van der Waals surface area contributed by atoms with E-state index in [-0.39, 0.29) is 47.9 Å². The van der Waals surface area contributed by atoms with Gasteiger partial charge in [-0.05, 0) is 67.5 Å². The van der Waals surface area contributed by atoms with Gasteiger partial charge in [-0.25, -0.2) is 19.2 Å². The molecule has 1 saturated carbocycles. The Morgan fingerprint density at radius 3 is 2.58 bits per heavy atom. The minimum Gasteiger partial charge on any atom is -0.496 e. The van der Waals surface area contributed by atoms with E-state index in [0.29, 0.717) is 16.9 Å². The van der Waals surface area contributed by atoms with Gasteiger partial charge in [0.2, 0.25) is 0 Å². The van der Waals surface area contributed by atoms with Crippen molar-refractivity contribution in [3.63, 3.8) is 0 Å². The molecule has 4 N–H and O–H groups in total. The fraction of sp³-hybridized carbons (Fsp3) is 0.333. The number of hydrogen-bond donors (Lipinski definition) is 3.